The van der Waals surface area contributed by atoms with Gasteiger partial charge in [0.1, 0.15) is 11.4 Å². The Hall–Kier alpha value is -3.67. The molecule has 1 amide bonds. The van der Waals surface area contributed by atoms with E-state index in [4.69, 9.17) is 4.74 Å². The van der Waals surface area contributed by atoms with E-state index >= 15 is 0 Å². The van der Waals surface area contributed by atoms with Crippen LogP contribution in [0.15, 0.2) is 65.8 Å². The molecule has 0 aliphatic carbocycles. The molecule has 8 nitrogen and oxygen atoms in total. The molecule has 0 aliphatic heterocycles. The number of aryl methyl sites for hydroxylation is 1. The van der Waals surface area contributed by atoms with Crippen molar-refractivity contribution >= 4 is 27.3 Å². The molecule has 34 heavy (non-hydrogen) atoms. The van der Waals surface area contributed by atoms with Gasteiger partial charge in [-0.05, 0) is 44.2 Å². The van der Waals surface area contributed by atoms with Crippen LogP contribution in [0.2, 0.25) is 0 Å². The van der Waals surface area contributed by atoms with Crippen LogP contribution in [0.25, 0.3) is 0 Å². The SMILES string of the molecule is CCN(c1ccccc1)S(=O)(=O)c1ccc(OCC(F)(F)F)c(NC(=O)c2cnc(C)cn2)c1. The van der Waals surface area contributed by atoms with Crippen LogP contribution in [0.5, 0.6) is 5.75 Å². The van der Waals surface area contributed by atoms with E-state index in [0.717, 1.165) is 22.5 Å². The molecule has 1 N–H and O–H groups in total. The number of aromatic nitrogens is 2. The van der Waals surface area contributed by atoms with Gasteiger partial charge in [0, 0.05) is 12.7 Å². The first-order valence-electron chi connectivity index (χ1n) is 10.0. The number of anilines is 2. The number of hydrogen-bond donors (Lipinski definition) is 1. The highest BCUT2D eigenvalue weighted by Crippen LogP contribution is 2.32. The summed E-state index contributed by atoms with van der Waals surface area (Å²) in [5.41, 5.74) is 0.587. The number of ether oxygens (including phenoxy) is 1. The van der Waals surface area contributed by atoms with E-state index in [9.17, 15) is 26.4 Å². The number of carbonyl (C=O) groups excluding carboxylic acids is 1. The van der Waals surface area contributed by atoms with Crippen LogP contribution in [-0.4, -0.2) is 43.6 Å². The number of sulfonamides is 1. The third kappa shape index (κ3) is 6.01. The Morgan fingerprint density at radius 3 is 2.38 bits per heavy atom. The second kappa shape index (κ2) is 10.1. The molecule has 0 saturated carbocycles. The predicted octanol–water partition coefficient (Wildman–Crippen LogP) is 4.19. The lowest BCUT2D eigenvalue weighted by Gasteiger charge is -2.23. The average molecular weight is 494 g/mol. The molecule has 0 atom stereocenters. The molecule has 1 aromatic heterocycles. The van der Waals surface area contributed by atoms with Crippen molar-refractivity contribution in [2.24, 2.45) is 0 Å². The maximum atomic E-state index is 13.3. The second-order valence-corrected chi connectivity index (χ2v) is 8.93. The van der Waals surface area contributed by atoms with Gasteiger partial charge in [0.15, 0.2) is 6.61 Å². The van der Waals surface area contributed by atoms with Crippen LogP contribution in [0.3, 0.4) is 0 Å². The van der Waals surface area contributed by atoms with Gasteiger partial charge in [0.25, 0.3) is 15.9 Å². The Balaban J connectivity index is 2.00. The van der Waals surface area contributed by atoms with E-state index in [1.165, 1.54) is 12.4 Å². The van der Waals surface area contributed by atoms with Gasteiger partial charge >= 0.3 is 6.18 Å². The highest BCUT2D eigenvalue weighted by molar-refractivity contribution is 7.92. The van der Waals surface area contributed by atoms with Crippen molar-refractivity contribution < 1.29 is 31.1 Å². The first-order valence-corrected chi connectivity index (χ1v) is 11.5. The predicted molar refractivity (Wildman–Crippen MR) is 119 cm³/mol. The zero-order valence-electron chi connectivity index (χ0n) is 18.2. The number of rotatable bonds is 8. The van der Waals surface area contributed by atoms with Gasteiger partial charge in [-0.1, -0.05) is 18.2 Å². The molecule has 3 aromatic rings. The zero-order valence-corrected chi connectivity index (χ0v) is 19.0. The first kappa shape index (κ1) is 25.0. The summed E-state index contributed by atoms with van der Waals surface area (Å²) in [7, 11) is -4.12. The molecule has 0 radical (unpaired) electrons. The first-order chi connectivity index (χ1) is 16.0. The topological polar surface area (TPSA) is 101 Å². The van der Waals surface area contributed by atoms with Crippen molar-refractivity contribution in [1.82, 2.24) is 9.97 Å². The molecule has 3 rings (SSSR count). The fraction of sp³-hybridized carbons (Fsp3) is 0.227. The van der Waals surface area contributed by atoms with E-state index in [-0.39, 0.29) is 28.6 Å². The number of hydrogen-bond acceptors (Lipinski definition) is 6. The van der Waals surface area contributed by atoms with Gasteiger partial charge in [-0.25, -0.2) is 13.4 Å². The highest BCUT2D eigenvalue weighted by atomic mass is 32.2. The van der Waals surface area contributed by atoms with E-state index in [1.807, 2.05) is 0 Å². The molecule has 1 heterocycles. The molecular formula is C22H21F3N4O4S. The van der Waals surface area contributed by atoms with Crippen LogP contribution in [0.4, 0.5) is 24.5 Å². The molecule has 0 spiro atoms. The van der Waals surface area contributed by atoms with Crippen molar-refractivity contribution in [2.45, 2.75) is 24.9 Å². The summed E-state index contributed by atoms with van der Waals surface area (Å²) in [5.74, 6) is -1.15. The van der Waals surface area contributed by atoms with Gasteiger partial charge in [0.05, 0.1) is 28.2 Å². The van der Waals surface area contributed by atoms with Crippen molar-refractivity contribution in [3.05, 3.63) is 72.3 Å². The zero-order chi connectivity index (χ0) is 24.9. The van der Waals surface area contributed by atoms with Crippen LogP contribution in [-0.2, 0) is 10.0 Å². The Kier molecular flexibility index (Phi) is 7.40. The molecule has 180 valence electrons. The monoisotopic (exact) mass is 494 g/mol. The normalized spacial score (nSPS) is 11.7. The Bertz CT molecular complexity index is 1250. The Morgan fingerprint density at radius 2 is 1.79 bits per heavy atom. The minimum Gasteiger partial charge on any atom is -0.482 e. The van der Waals surface area contributed by atoms with Crippen LogP contribution < -0.4 is 14.4 Å². The van der Waals surface area contributed by atoms with Gasteiger partial charge < -0.3 is 10.1 Å². The number of halogens is 3. The quantitative estimate of drug-likeness (QED) is 0.504. The van der Waals surface area contributed by atoms with Crippen molar-refractivity contribution in [2.75, 3.05) is 22.8 Å². The summed E-state index contributed by atoms with van der Waals surface area (Å²) in [6.07, 6.45) is -2.10. The fourth-order valence-electron chi connectivity index (χ4n) is 2.96. The minimum atomic E-state index is -4.64. The number of benzene rings is 2. The highest BCUT2D eigenvalue weighted by Gasteiger charge is 2.30. The van der Waals surface area contributed by atoms with Crippen molar-refractivity contribution in [1.29, 1.82) is 0 Å². The lowest BCUT2D eigenvalue weighted by atomic mass is 10.2. The summed E-state index contributed by atoms with van der Waals surface area (Å²) in [6.45, 7) is 1.78. The van der Waals surface area contributed by atoms with E-state index in [2.05, 4.69) is 15.3 Å². The average Bonchev–Trinajstić information content (AvgIpc) is 2.79. The smallest absolute Gasteiger partial charge is 0.422 e. The molecule has 0 aliphatic rings. The number of para-hydroxylation sites is 1. The number of nitrogens with one attached hydrogen (secondary N) is 1. The minimum absolute atomic E-state index is 0.0965. The van der Waals surface area contributed by atoms with E-state index in [0.29, 0.717) is 11.4 Å². The maximum Gasteiger partial charge on any atom is 0.422 e. The molecule has 2 aromatic carbocycles. The van der Waals surface area contributed by atoms with Crippen molar-refractivity contribution in [3.8, 4) is 5.75 Å². The lowest BCUT2D eigenvalue weighted by Crippen LogP contribution is -2.31. The van der Waals surface area contributed by atoms with Crippen LogP contribution in [0.1, 0.15) is 23.1 Å². The molecule has 0 fully saturated rings. The Morgan fingerprint density at radius 1 is 1.09 bits per heavy atom. The molecular weight excluding hydrogens is 473 g/mol. The third-order valence-corrected chi connectivity index (χ3v) is 6.42. The lowest BCUT2D eigenvalue weighted by molar-refractivity contribution is -0.153. The van der Waals surface area contributed by atoms with Crippen LogP contribution >= 0.6 is 0 Å². The summed E-state index contributed by atoms with van der Waals surface area (Å²) in [4.78, 5) is 20.2. The van der Waals surface area contributed by atoms with Gasteiger partial charge in [0.2, 0.25) is 0 Å². The molecule has 12 heteroatoms. The Labute approximate surface area is 194 Å². The molecule has 0 bridgehead atoms. The largest absolute Gasteiger partial charge is 0.482 e. The summed E-state index contributed by atoms with van der Waals surface area (Å²) < 4.78 is 70.7. The van der Waals surface area contributed by atoms with E-state index in [1.54, 1.807) is 44.2 Å². The summed E-state index contributed by atoms with van der Waals surface area (Å²) >= 11 is 0. The fourth-order valence-corrected chi connectivity index (χ4v) is 4.46. The number of alkyl halides is 3. The maximum absolute atomic E-state index is 13.3. The van der Waals surface area contributed by atoms with Gasteiger partial charge in [-0.2, -0.15) is 13.2 Å². The molecule has 0 saturated heterocycles. The standard InChI is InChI=1S/C22H21F3N4O4S/c1-3-29(16-7-5-4-6-8-16)34(31,32)17-9-10-20(33-14-22(23,24)25)18(11-17)28-21(30)19-13-26-15(2)12-27-19/h4-13H,3,14H2,1-2H3,(H,28,30). The van der Waals surface area contributed by atoms with Crippen molar-refractivity contribution in [3.63, 3.8) is 0 Å². The van der Waals surface area contributed by atoms with Gasteiger partial charge in [-0.15, -0.1) is 0 Å². The number of amides is 1. The summed E-state index contributed by atoms with van der Waals surface area (Å²) in [6, 6.07) is 11.5. The third-order valence-electron chi connectivity index (χ3n) is 4.52. The number of nitrogens with zero attached hydrogens (tertiary/aromatic N) is 3. The second-order valence-electron chi connectivity index (χ2n) is 7.06. The summed E-state index contributed by atoms with van der Waals surface area (Å²) in [5, 5.41) is 2.38. The molecule has 0 unspecified atom stereocenters. The van der Waals surface area contributed by atoms with Crippen LogP contribution in [0, 0.1) is 6.92 Å². The van der Waals surface area contributed by atoms with E-state index < -0.39 is 28.7 Å². The number of carbonyl (C=O) groups is 1. The van der Waals surface area contributed by atoms with Gasteiger partial charge in [-0.3, -0.25) is 14.1 Å².